The maximum Gasteiger partial charge on any atom is 0.174 e. The molecule has 2 N–H and O–H groups in total. The van der Waals surface area contributed by atoms with Gasteiger partial charge in [0, 0.05) is 17.6 Å². The number of para-hydroxylation sites is 2. The molecule has 1 fully saturated rings. The molecule has 1 aliphatic rings. The minimum absolute atomic E-state index is 0.157. The van der Waals surface area contributed by atoms with Crippen molar-refractivity contribution in [1.29, 1.82) is 0 Å². The van der Waals surface area contributed by atoms with E-state index in [4.69, 9.17) is 35.4 Å². The number of aromatic hydroxyl groups is 1. The van der Waals surface area contributed by atoms with E-state index < -0.39 is 0 Å². The Morgan fingerprint density at radius 3 is 2.44 bits per heavy atom. The Morgan fingerprint density at radius 1 is 0.971 bits per heavy atom. The fourth-order valence-electron chi connectivity index (χ4n) is 4.72. The second-order valence-electron chi connectivity index (χ2n) is 8.22. The molecule has 2 aromatic heterocycles. The lowest BCUT2D eigenvalue weighted by Gasteiger charge is -2.28. The lowest BCUT2D eigenvalue weighted by molar-refractivity contribution is 0.472. The molecule has 2 unspecified atom stereocenters. The van der Waals surface area contributed by atoms with Gasteiger partial charge in [0.05, 0.1) is 39.2 Å². The van der Waals surface area contributed by atoms with Crippen molar-refractivity contribution in [3.63, 3.8) is 0 Å². The normalized spacial score (nSPS) is 17.8. The highest BCUT2D eigenvalue weighted by Gasteiger charge is 2.43. The van der Waals surface area contributed by atoms with Gasteiger partial charge in [0.1, 0.15) is 5.75 Å². The van der Waals surface area contributed by atoms with Gasteiger partial charge in [-0.2, -0.15) is 0 Å². The summed E-state index contributed by atoms with van der Waals surface area (Å²) < 4.78 is 2.10. The number of phenols is 1. The summed E-state index contributed by atoms with van der Waals surface area (Å²) >= 11 is 18.7. The van der Waals surface area contributed by atoms with E-state index in [1.165, 1.54) is 0 Å². The van der Waals surface area contributed by atoms with Gasteiger partial charge < -0.3 is 19.9 Å². The number of hydrogen-bond donors (Lipinski definition) is 2. The SMILES string of the molecule is Cc1cc(C2C(c3ccccn3)NC(=S)N2c2ccccc2O)c(C)n1-c1cccc(Cl)c1Cl. The van der Waals surface area contributed by atoms with Gasteiger partial charge in [0.2, 0.25) is 0 Å². The molecule has 3 heterocycles. The summed E-state index contributed by atoms with van der Waals surface area (Å²) in [5, 5.41) is 15.7. The summed E-state index contributed by atoms with van der Waals surface area (Å²) in [6.45, 7) is 4.09. The molecule has 2 atom stereocenters. The largest absolute Gasteiger partial charge is 0.506 e. The van der Waals surface area contributed by atoms with Crippen LogP contribution in [0.1, 0.15) is 34.7 Å². The fraction of sp³-hybridized carbons (Fsp3) is 0.154. The highest BCUT2D eigenvalue weighted by atomic mass is 35.5. The van der Waals surface area contributed by atoms with Crippen LogP contribution in [0.15, 0.2) is 72.9 Å². The molecule has 2 aromatic carbocycles. The molecule has 0 bridgehead atoms. The van der Waals surface area contributed by atoms with Gasteiger partial charge in [0.15, 0.2) is 5.11 Å². The maximum atomic E-state index is 10.7. The number of halogens is 2. The minimum Gasteiger partial charge on any atom is -0.506 e. The predicted octanol–water partition coefficient (Wildman–Crippen LogP) is 6.68. The molecule has 1 aliphatic heterocycles. The van der Waals surface area contributed by atoms with Crippen LogP contribution in [0.25, 0.3) is 5.69 Å². The number of pyridine rings is 1. The number of nitrogens with one attached hydrogen (secondary N) is 1. The van der Waals surface area contributed by atoms with Crippen molar-refractivity contribution in [1.82, 2.24) is 14.9 Å². The Bertz CT molecular complexity index is 1390. The van der Waals surface area contributed by atoms with E-state index in [2.05, 4.69) is 27.9 Å². The maximum absolute atomic E-state index is 10.7. The third-order valence-corrected chi connectivity index (χ3v) is 7.32. The number of aryl methyl sites for hydroxylation is 1. The van der Waals surface area contributed by atoms with Gasteiger partial charge >= 0.3 is 0 Å². The van der Waals surface area contributed by atoms with E-state index in [9.17, 15) is 5.11 Å². The van der Waals surface area contributed by atoms with Crippen molar-refractivity contribution >= 4 is 46.2 Å². The Kier molecular flexibility index (Phi) is 5.98. The molecule has 0 aliphatic carbocycles. The van der Waals surface area contributed by atoms with E-state index in [1.54, 1.807) is 24.4 Å². The predicted molar refractivity (Wildman–Crippen MR) is 141 cm³/mol. The zero-order chi connectivity index (χ0) is 24.0. The first kappa shape index (κ1) is 22.7. The monoisotopic (exact) mass is 508 g/mol. The Labute approximate surface area is 213 Å². The average Bonchev–Trinajstić information content (AvgIpc) is 3.32. The number of nitrogens with zero attached hydrogens (tertiary/aromatic N) is 3. The molecule has 0 spiro atoms. The van der Waals surface area contributed by atoms with Crippen LogP contribution in [0.2, 0.25) is 10.0 Å². The van der Waals surface area contributed by atoms with Gasteiger partial charge in [-0.3, -0.25) is 4.98 Å². The molecule has 5 nitrogen and oxygen atoms in total. The summed E-state index contributed by atoms with van der Waals surface area (Å²) in [6.07, 6.45) is 1.77. The van der Waals surface area contributed by atoms with Gasteiger partial charge in [-0.15, -0.1) is 0 Å². The number of thiocarbonyl (C=S) groups is 1. The first-order valence-electron chi connectivity index (χ1n) is 10.8. The number of benzene rings is 2. The second-order valence-corrected chi connectivity index (χ2v) is 9.39. The number of phenolic OH excluding ortho intramolecular Hbond substituents is 1. The van der Waals surface area contributed by atoms with E-state index in [0.29, 0.717) is 20.8 Å². The van der Waals surface area contributed by atoms with E-state index in [0.717, 1.165) is 28.3 Å². The molecule has 0 radical (unpaired) electrons. The van der Waals surface area contributed by atoms with E-state index >= 15 is 0 Å². The summed E-state index contributed by atoms with van der Waals surface area (Å²) in [6, 6.07) is 20.3. The van der Waals surface area contributed by atoms with Crippen molar-refractivity contribution in [3.8, 4) is 11.4 Å². The van der Waals surface area contributed by atoms with Crippen molar-refractivity contribution in [2.75, 3.05) is 4.90 Å². The second kappa shape index (κ2) is 8.95. The van der Waals surface area contributed by atoms with Gasteiger partial charge in [-0.05, 0) is 74.1 Å². The molecule has 1 saturated heterocycles. The summed E-state index contributed by atoms with van der Waals surface area (Å²) in [4.78, 5) is 6.58. The molecule has 0 saturated carbocycles. The minimum atomic E-state index is -0.256. The zero-order valence-electron chi connectivity index (χ0n) is 18.5. The van der Waals surface area contributed by atoms with Crippen LogP contribution in [0.3, 0.4) is 0 Å². The van der Waals surface area contributed by atoms with Crippen LogP contribution in [-0.4, -0.2) is 19.8 Å². The molecule has 4 aromatic rings. The Balaban J connectivity index is 1.72. The lowest BCUT2D eigenvalue weighted by atomic mass is 9.96. The van der Waals surface area contributed by atoms with Crippen LogP contribution in [-0.2, 0) is 0 Å². The van der Waals surface area contributed by atoms with Gasteiger partial charge in [-0.1, -0.05) is 47.5 Å². The van der Waals surface area contributed by atoms with Crippen LogP contribution in [0.4, 0.5) is 5.69 Å². The molecular weight excluding hydrogens is 487 g/mol. The van der Waals surface area contributed by atoms with E-state index in [1.807, 2.05) is 54.3 Å². The Morgan fingerprint density at radius 2 is 1.71 bits per heavy atom. The average molecular weight is 509 g/mol. The third-order valence-electron chi connectivity index (χ3n) is 6.20. The number of hydrogen-bond acceptors (Lipinski definition) is 3. The fourth-order valence-corrected chi connectivity index (χ4v) is 5.44. The lowest BCUT2D eigenvalue weighted by Crippen LogP contribution is -2.29. The van der Waals surface area contributed by atoms with E-state index in [-0.39, 0.29) is 17.8 Å². The van der Waals surface area contributed by atoms with Crippen LogP contribution < -0.4 is 10.2 Å². The van der Waals surface area contributed by atoms with Crippen molar-refractivity contribution in [3.05, 3.63) is 106 Å². The highest BCUT2D eigenvalue weighted by molar-refractivity contribution is 7.80. The van der Waals surface area contributed by atoms with Crippen molar-refractivity contribution in [2.24, 2.45) is 0 Å². The van der Waals surface area contributed by atoms with Gasteiger partial charge in [0.25, 0.3) is 0 Å². The Hall–Kier alpha value is -3.06. The van der Waals surface area contributed by atoms with Gasteiger partial charge in [-0.25, -0.2) is 0 Å². The molecule has 5 rings (SSSR count). The summed E-state index contributed by atoms with van der Waals surface area (Å²) in [5.41, 5.74) is 5.35. The molecular formula is C26H22Cl2N4OS. The smallest absolute Gasteiger partial charge is 0.174 e. The third kappa shape index (κ3) is 3.72. The first-order chi connectivity index (χ1) is 16.4. The van der Waals surface area contributed by atoms with Crippen molar-refractivity contribution in [2.45, 2.75) is 25.9 Å². The first-order valence-corrected chi connectivity index (χ1v) is 12.0. The summed E-state index contributed by atoms with van der Waals surface area (Å²) in [7, 11) is 0. The molecule has 8 heteroatoms. The molecule has 172 valence electrons. The number of anilines is 1. The summed E-state index contributed by atoms with van der Waals surface area (Å²) in [5.74, 6) is 0.157. The quantitative estimate of drug-likeness (QED) is 0.301. The number of aromatic nitrogens is 2. The van der Waals surface area contributed by atoms with Crippen LogP contribution in [0.5, 0.6) is 5.75 Å². The number of rotatable bonds is 4. The zero-order valence-corrected chi connectivity index (χ0v) is 20.9. The molecule has 0 amide bonds. The van der Waals surface area contributed by atoms with Crippen LogP contribution >= 0.6 is 35.4 Å². The van der Waals surface area contributed by atoms with Crippen LogP contribution in [0, 0.1) is 13.8 Å². The highest BCUT2D eigenvalue weighted by Crippen LogP contribution is 2.46. The van der Waals surface area contributed by atoms with Crippen molar-refractivity contribution < 1.29 is 5.11 Å². The topological polar surface area (TPSA) is 53.3 Å². The molecule has 34 heavy (non-hydrogen) atoms. The standard InChI is InChI=1S/C26H22Cl2N4OS/c1-15-14-17(16(2)31(15)21-11-7-8-18(27)23(21)28)25-24(19-9-5-6-13-29-19)30-26(34)32(25)20-10-3-4-12-22(20)33/h3-14,24-25,33H,1-2H3,(H,30,34).